The molecule has 0 aromatic carbocycles. The van der Waals surface area contributed by atoms with Crippen molar-refractivity contribution in [2.24, 2.45) is 5.92 Å². The Balaban J connectivity index is 2.83. The lowest BCUT2D eigenvalue weighted by atomic mass is 10.0. The average Bonchev–Trinajstić information content (AvgIpc) is 2.63. The molecule has 3 nitrogen and oxygen atoms in total. The molecule has 1 aliphatic rings. The van der Waals surface area contributed by atoms with Crippen LogP contribution in [0.25, 0.3) is 0 Å². The first-order valence-electron chi connectivity index (χ1n) is 7.14. The average molecular weight is 240 g/mol. The minimum atomic E-state index is 0.0193. The van der Waals surface area contributed by atoms with Gasteiger partial charge in [-0.25, -0.2) is 0 Å². The predicted octanol–water partition coefficient (Wildman–Crippen LogP) is 2.76. The first-order valence-corrected chi connectivity index (χ1v) is 7.14. The number of hydrogen-bond acceptors (Lipinski definition) is 2. The van der Waals surface area contributed by atoms with Crippen molar-refractivity contribution in [1.82, 2.24) is 10.2 Å². The minimum Gasteiger partial charge on any atom is -0.323 e. The quantitative estimate of drug-likeness (QED) is 0.774. The van der Waals surface area contributed by atoms with Crippen molar-refractivity contribution in [2.45, 2.75) is 78.6 Å². The van der Waals surface area contributed by atoms with Gasteiger partial charge >= 0.3 is 0 Å². The highest BCUT2D eigenvalue weighted by atomic mass is 16.2. The van der Waals surface area contributed by atoms with E-state index in [1.807, 2.05) is 0 Å². The lowest BCUT2D eigenvalue weighted by Crippen LogP contribution is -2.44. The monoisotopic (exact) mass is 240 g/mol. The fourth-order valence-corrected chi connectivity index (χ4v) is 2.77. The first kappa shape index (κ1) is 14.5. The van der Waals surface area contributed by atoms with Crippen LogP contribution in [0.5, 0.6) is 0 Å². The van der Waals surface area contributed by atoms with Crippen LogP contribution in [-0.4, -0.2) is 29.1 Å². The Morgan fingerprint density at radius 1 is 1.29 bits per heavy atom. The zero-order valence-electron chi connectivity index (χ0n) is 12.0. The number of amides is 1. The second-order valence-electron chi connectivity index (χ2n) is 5.41. The zero-order valence-corrected chi connectivity index (χ0v) is 12.0. The third-order valence-corrected chi connectivity index (χ3v) is 3.77. The van der Waals surface area contributed by atoms with Gasteiger partial charge in [-0.3, -0.25) is 10.1 Å². The van der Waals surface area contributed by atoms with Gasteiger partial charge in [-0.1, -0.05) is 41.0 Å². The second-order valence-corrected chi connectivity index (χ2v) is 5.41. The van der Waals surface area contributed by atoms with E-state index in [4.69, 9.17) is 0 Å². The summed E-state index contributed by atoms with van der Waals surface area (Å²) >= 11 is 0. The molecule has 1 aliphatic heterocycles. The molecule has 1 rings (SSSR count). The van der Waals surface area contributed by atoms with Gasteiger partial charge in [-0.15, -0.1) is 0 Å². The van der Waals surface area contributed by atoms with Gasteiger partial charge in [0, 0.05) is 6.04 Å². The Bertz CT molecular complexity index is 253. The summed E-state index contributed by atoms with van der Waals surface area (Å²) in [4.78, 5) is 14.6. The third-order valence-electron chi connectivity index (χ3n) is 3.77. The topological polar surface area (TPSA) is 32.3 Å². The van der Waals surface area contributed by atoms with E-state index in [0.717, 1.165) is 25.7 Å². The largest absolute Gasteiger partial charge is 0.323 e. The molecule has 100 valence electrons. The Morgan fingerprint density at radius 2 is 1.94 bits per heavy atom. The van der Waals surface area contributed by atoms with Gasteiger partial charge in [0.05, 0.1) is 12.2 Å². The zero-order chi connectivity index (χ0) is 13.0. The van der Waals surface area contributed by atoms with E-state index in [1.165, 1.54) is 0 Å². The van der Waals surface area contributed by atoms with Gasteiger partial charge in [0.2, 0.25) is 5.91 Å². The Hall–Kier alpha value is -0.570. The number of carbonyl (C=O) groups excluding carboxylic acids is 1. The van der Waals surface area contributed by atoms with Gasteiger partial charge in [-0.05, 0) is 25.2 Å². The molecule has 0 saturated carbocycles. The first-order chi connectivity index (χ1) is 8.06. The summed E-state index contributed by atoms with van der Waals surface area (Å²) in [6.07, 6.45) is 4.56. The molecule has 3 unspecified atom stereocenters. The molecule has 0 bridgehead atoms. The van der Waals surface area contributed by atoms with E-state index in [2.05, 4.69) is 44.8 Å². The molecule has 1 amide bonds. The maximum atomic E-state index is 12.5. The van der Waals surface area contributed by atoms with E-state index in [0.29, 0.717) is 17.9 Å². The molecule has 0 spiro atoms. The van der Waals surface area contributed by atoms with Gasteiger partial charge in [0.15, 0.2) is 0 Å². The molecule has 1 N–H and O–H groups in total. The van der Waals surface area contributed by atoms with E-state index in [9.17, 15) is 4.79 Å². The van der Waals surface area contributed by atoms with Crippen LogP contribution in [0, 0.1) is 5.92 Å². The van der Waals surface area contributed by atoms with Gasteiger partial charge in [-0.2, -0.15) is 0 Å². The molecule has 0 radical (unpaired) electrons. The van der Waals surface area contributed by atoms with E-state index < -0.39 is 0 Å². The van der Waals surface area contributed by atoms with Crippen LogP contribution in [-0.2, 0) is 4.79 Å². The number of nitrogens with zero attached hydrogens (tertiary/aromatic N) is 1. The lowest BCUT2D eigenvalue weighted by Gasteiger charge is -2.31. The van der Waals surface area contributed by atoms with Crippen LogP contribution in [0.3, 0.4) is 0 Å². The fourth-order valence-electron chi connectivity index (χ4n) is 2.77. The molecule has 1 fully saturated rings. The van der Waals surface area contributed by atoms with E-state index in [-0.39, 0.29) is 12.2 Å². The predicted molar refractivity (Wildman–Crippen MR) is 71.7 cm³/mol. The van der Waals surface area contributed by atoms with Crippen molar-refractivity contribution in [3.8, 4) is 0 Å². The highest BCUT2D eigenvalue weighted by Gasteiger charge is 2.41. The number of carbonyl (C=O) groups is 1. The van der Waals surface area contributed by atoms with Gasteiger partial charge in [0.1, 0.15) is 0 Å². The molecule has 17 heavy (non-hydrogen) atoms. The maximum absolute atomic E-state index is 12.5. The van der Waals surface area contributed by atoms with Crippen molar-refractivity contribution in [3.63, 3.8) is 0 Å². The number of rotatable bonds is 6. The summed E-state index contributed by atoms with van der Waals surface area (Å²) in [6, 6.07) is 0.430. The molecule has 0 aromatic rings. The third kappa shape index (κ3) is 3.01. The Morgan fingerprint density at radius 3 is 2.35 bits per heavy atom. The summed E-state index contributed by atoms with van der Waals surface area (Å²) < 4.78 is 0. The Kier molecular flexibility index (Phi) is 5.44. The maximum Gasteiger partial charge on any atom is 0.241 e. The van der Waals surface area contributed by atoms with E-state index >= 15 is 0 Å². The number of hydrogen-bond donors (Lipinski definition) is 1. The van der Waals surface area contributed by atoms with Crippen LogP contribution in [0.2, 0.25) is 0 Å². The normalized spacial score (nSPS) is 26.9. The van der Waals surface area contributed by atoms with E-state index in [1.54, 1.807) is 0 Å². The highest BCUT2D eigenvalue weighted by molar-refractivity contribution is 5.84. The number of nitrogens with one attached hydrogen (secondary N) is 1. The summed E-state index contributed by atoms with van der Waals surface area (Å²) in [5.41, 5.74) is 0. The van der Waals surface area contributed by atoms with Crippen molar-refractivity contribution in [3.05, 3.63) is 0 Å². The SMILES string of the molecule is CCCC(CC)N1C(=O)C(C(C)C)NC1CC. The van der Waals surface area contributed by atoms with Crippen LogP contribution >= 0.6 is 0 Å². The molecule has 3 heteroatoms. The molecule has 3 atom stereocenters. The standard InChI is InChI=1S/C14H28N2O/c1-6-9-11(7-2)16-12(8-3)15-13(10(4)5)14(16)17/h10-13,15H,6-9H2,1-5H3. The van der Waals surface area contributed by atoms with Crippen LogP contribution in [0.15, 0.2) is 0 Å². The van der Waals surface area contributed by atoms with Crippen molar-refractivity contribution < 1.29 is 4.79 Å². The summed E-state index contributed by atoms with van der Waals surface area (Å²) in [7, 11) is 0. The Labute approximate surface area is 106 Å². The molecular weight excluding hydrogens is 212 g/mol. The lowest BCUT2D eigenvalue weighted by molar-refractivity contribution is -0.133. The summed E-state index contributed by atoms with van der Waals surface area (Å²) in [6.45, 7) is 10.8. The summed E-state index contributed by atoms with van der Waals surface area (Å²) in [5, 5.41) is 3.49. The highest BCUT2D eigenvalue weighted by Crippen LogP contribution is 2.24. The molecule has 0 aromatic heterocycles. The fraction of sp³-hybridized carbons (Fsp3) is 0.929. The van der Waals surface area contributed by atoms with Crippen molar-refractivity contribution in [2.75, 3.05) is 0 Å². The van der Waals surface area contributed by atoms with Crippen LogP contribution in [0.4, 0.5) is 0 Å². The molecule has 1 saturated heterocycles. The summed E-state index contributed by atoms with van der Waals surface area (Å²) in [5.74, 6) is 0.688. The second kappa shape index (κ2) is 6.39. The van der Waals surface area contributed by atoms with Gasteiger partial charge < -0.3 is 4.90 Å². The van der Waals surface area contributed by atoms with Crippen molar-refractivity contribution in [1.29, 1.82) is 0 Å². The molecule has 0 aliphatic carbocycles. The smallest absolute Gasteiger partial charge is 0.241 e. The van der Waals surface area contributed by atoms with Gasteiger partial charge in [0.25, 0.3) is 0 Å². The molecule has 1 heterocycles. The minimum absolute atomic E-state index is 0.0193. The van der Waals surface area contributed by atoms with Crippen LogP contribution in [0.1, 0.15) is 60.3 Å². The van der Waals surface area contributed by atoms with Crippen LogP contribution < -0.4 is 5.32 Å². The molecular formula is C14H28N2O. The van der Waals surface area contributed by atoms with Crippen molar-refractivity contribution >= 4 is 5.91 Å².